The van der Waals surface area contributed by atoms with Crippen LogP contribution in [0.5, 0.6) is 0 Å². The molecule has 1 unspecified atom stereocenters. The third-order valence-corrected chi connectivity index (χ3v) is 7.28. The van der Waals surface area contributed by atoms with Crippen molar-refractivity contribution in [3.63, 3.8) is 0 Å². The maximum atomic E-state index is 13.1. The third kappa shape index (κ3) is 3.81. The molecule has 8 heteroatoms. The van der Waals surface area contributed by atoms with Gasteiger partial charge in [0.25, 0.3) is 5.91 Å². The van der Waals surface area contributed by atoms with E-state index in [1.165, 1.54) is 11.3 Å². The van der Waals surface area contributed by atoms with E-state index in [2.05, 4.69) is 39.3 Å². The van der Waals surface area contributed by atoms with Crippen molar-refractivity contribution >= 4 is 43.9 Å². The van der Waals surface area contributed by atoms with Crippen LogP contribution in [0.15, 0.2) is 48.0 Å². The number of fused-ring (bicyclic) bond motifs is 3. The van der Waals surface area contributed by atoms with Crippen molar-refractivity contribution < 1.29 is 4.79 Å². The fraction of sp³-hybridized carbons (Fsp3) is 0.333. The van der Waals surface area contributed by atoms with E-state index in [4.69, 9.17) is 0 Å². The number of hydrogen-bond acceptors (Lipinski definition) is 6. The molecular formula is C21H23N5OS2. The van der Waals surface area contributed by atoms with E-state index in [9.17, 15) is 4.79 Å². The number of likely N-dealkylation sites (N-methyl/N-ethyl adjacent to an activating group) is 1. The molecule has 0 saturated carbocycles. The summed E-state index contributed by atoms with van der Waals surface area (Å²) in [5.74, 6) is -0.0278. The Kier molecular flexibility index (Phi) is 5.09. The van der Waals surface area contributed by atoms with E-state index >= 15 is 0 Å². The number of aromatic nitrogens is 2. The summed E-state index contributed by atoms with van der Waals surface area (Å²) >= 11 is 3.07. The fourth-order valence-electron chi connectivity index (χ4n) is 3.80. The van der Waals surface area contributed by atoms with E-state index < -0.39 is 0 Å². The zero-order valence-electron chi connectivity index (χ0n) is 16.2. The van der Waals surface area contributed by atoms with Crippen molar-refractivity contribution in [2.75, 3.05) is 39.8 Å². The zero-order chi connectivity index (χ0) is 19.8. The van der Waals surface area contributed by atoms with Crippen LogP contribution in [-0.2, 0) is 0 Å². The van der Waals surface area contributed by atoms with E-state index in [-0.39, 0.29) is 11.9 Å². The average Bonchev–Trinajstić information content (AvgIpc) is 3.42. The predicted octanol–water partition coefficient (Wildman–Crippen LogP) is 3.33. The highest BCUT2D eigenvalue weighted by molar-refractivity contribution is 7.21. The predicted molar refractivity (Wildman–Crippen MR) is 119 cm³/mol. The van der Waals surface area contributed by atoms with Crippen molar-refractivity contribution in [3.05, 3.63) is 58.4 Å². The number of nitrogens with zero attached hydrogens (tertiary/aromatic N) is 4. The lowest BCUT2D eigenvalue weighted by atomic mass is 10.1. The minimum Gasteiger partial charge on any atom is -0.343 e. The lowest BCUT2D eigenvalue weighted by molar-refractivity contribution is 0.0911. The first kappa shape index (κ1) is 18.7. The molecule has 1 amide bonds. The number of imidazole rings is 1. The average molecular weight is 426 g/mol. The Hall–Kier alpha value is -2.26. The second kappa shape index (κ2) is 7.87. The smallest absolute Gasteiger partial charge is 0.262 e. The zero-order valence-corrected chi connectivity index (χ0v) is 17.9. The summed E-state index contributed by atoms with van der Waals surface area (Å²) in [6.07, 6.45) is 2.00. The molecule has 150 valence electrons. The van der Waals surface area contributed by atoms with Gasteiger partial charge in [0.2, 0.25) is 0 Å². The molecule has 1 atom stereocenters. The topological polar surface area (TPSA) is 52.9 Å². The summed E-state index contributed by atoms with van der Waals surface area (Å²) in [7, 11) is 2.16. The van der Waals surface area contributed by atoms with E-state index in [1.807, 2.05) is 40.2 Å². The number of carbonyl (C=O) groups is 1. The molecule has 1 N–H and O–H groups in total. The van der Waals surface area contributed by atoms with Crippen LogP contribution in [0.4, 0.5) is 0 Å². The quantitative estimate of drug-likeness (QED) is 0.533. The number of thiazole rings is 1. The van der Waals surface area contributed by atoms with Gasteiger partial charge >= 0.3 is 0 Å². The third-order valence-electron chi connectivity index (χ3n) is 5.51. The summed E-state index contributed by atoms with van der Waals surface area (Å²) in [4.78, 5) is 25.1. The highest BCUT2D eigenvalue weighted by Gasteiger charge is 2.23. The number of amides is 1. The Morgan fingerprint density at radius 3 is 2.79 bits per heavy atom. The van der Waals surface area contributed by atoms with Gasteiger partial charge in [0.1, 0.15) is 4.83 Å². The van der Waals surface area contributed by atoms with Gasteiger partial charge in [-0.2, -0.15) is 0 Å². The number of thiophene rings is 1. The largest absolute Gasteiger partial charge is 0.343 e. The molecule has 1 saturated heterocycles. The van der Waals surface area contributed by atoms with Gasteiger partial charge in [-0.25, -0.2) is 4.98 Å². The molecule has 0 spiro atoms. The second-order valence-electron chi connectivity index (χ2n) is 7.51. The van der Waals surface area contributed by atoms with Crippen LogP contribution in [-0.4, -0.2) is 64.9 Å². The van der Waals surface area contributed by atoms with Crippen molar-refractivity contribution in [2.24, 2.45) is 0 Å². The van der Waals surface area contributed by atoms with Crippen molar-refractivity contribution in [1.29, 1.82) is 0 Å². The van der Waals surface area contributed by atoms with Crippen molar-refractivity contribution in [2.45, 2.75) is 6.04 Å². The number of piperazine rings is 1. The van der Waals surface area contributed by atoms with E-state index in [1.54, 1.807) is 11.3 Å². The molecule has 4 aromatic rings. The normalized spacial score (nSPS) is 17.1. The Balaban J connectivity index is 1.37. The minimum absolute atomic E-state index is 0.0278. The first-order valence-electron chi connectivity index (χ1n) is 9.79. The second-order valence-corrected chi connectivity index (χ2v) is 9.41. The Bertz CT molecular complexity index is 1120. The lowest BCUT2D eigenvalue weighted by Crippen LogP contribution is -2.47. The Morgan fingerprint density at radius 1 is 1.21 bits per heavy atom. The highest BCUT2D eigenvalue weighted by Crippen LogP contribution is 2.28. The lowest BCUT2D eigenvalue weighted by Gasteiger charge is -2.35. The Labute approximate surface area is 177 Å². The molecule has 3 aromatic heterocycles. The number of hydrogen-bond donors (Lipinski definition) is 1. The van der Waals surface area contributed by atoms with Gasteiger partial charge in [0.15, 0.2) is 4.96 Å². The highest BCUT2D eigenvalue weighted by atomic mass is 32.1. The molecular weight excluding hydrogens is 402 g/mol. The van der Waals surface area contributed by atoms with Crippen LogP contribution in [0.3, 0.4) is 0 Å². The molecule has 0 aliphatic carbocycles. The minimum atomic E-state index is -0.0367. The van der Waals surface area contributed by atoms with Gasteiger partial charge in [0, 0.05) is 44.3 Å². The maximum absolute atomic E-state index is 13.1. The standard InChI is InChI=1S/C21H23N5OS2/c1-24-7-9-25(10-8-24)14-16(15-5-3-2-4-6-15)22-19(27)18-13-17-20(29-18)23-21-26(17)11-12-28-21/h2-6,11-13,16H,7-10,14H2,1H3,(H,22,27). The van der Waals surface area contributed by atoms with Crippen LogP contribution >= 0.6 is 22.7 Å². The number of nitrogens with one attached hydrogen (secondary N) is 1. The van der Waals surface area contributed by atoms with Crippen LogP contribution < -0.4 is 5.32 Å². The molecule has 0 bridgehead atoms. The van der Waals surface area contributed by atoms with Crippen molar-refractivity contribution in [3.8, 4) is 0 Å². The molecule has 5 rings (SSSR count). The summed E-state index contributed by atoms with van der Waals surface area (Å²) < 4.78 is 2.05. The van der Waals surface area contributed by atoms with Crippen LogP contribution in [0.25, 0.3) is 15.3 Å². The van der Waals surface area contributed by atoms with Gasteiger partial charge in [0.05, 0.1) is 16.4 Å². The first-order chi connectivity index (χ1) is 14.2. The van der Waals surface area contributed by atoms with Crippen LogP contribution in [0.1, 0.15) is 21.3 Å². The summed E-state index contributed by atoms with van der Waals surface area (Å²) in [5, 5.41) is 5.30. The fourth-order valence-corrected chi connectivity index (χ4v) is 5.50. The van der Waals surface area contributed by atoms with E-state index in [0.717, 1.165) is 53.6 Å². The summed E-state index contributed by atoms with van der Waals surface area (Å²) in [5.41, 5.74) is 2.15. The van der Waals surface area contributed by atoms with Gasteiger partial charge in [-0.15, -0.1) is 22.7 Å². The molecule has 6 nitrogen and oxygen atoms in total. The maximum Gasteiger partial charge on any atom is 0.262 e. The number of rotatable bonds is 5. The monoisotopic (exact) mass is 425 g/mol. The number of benzene rings is 1. The molecule has 1 aliphatic heterocycles. The molecule has 29 heavy (non-hydrogen) atoms. The van der Waals surface area contributed by atoms with Crippen LogP contribution in [0, 0.1) is 0 Å². The van der Waals surface area contributed by atoms with Crippen LogP contribution in [0.2, 0.25) is 0 Å². The molecule has 1 aromatic carbocycles. The first-order valence-corrected chi connectivity index (χ1v) is 11.5. The molecule has 1 fully saturated rings. The number of carbonyl (C=O) groups excluding carboxylic acids is 1. The van der Waals surface area contributed by atoms with Gasteiger partial charge in [-0.05, 0) is 18.7 Å². The van der Waals surface area contributed by atoms with E-state index in [0.29, 0.717) is 4.88 Å². The SMILES string of the molecule is CN1CCN(CC(NC(=O)c2cc3c(nc4sccn43)s2)c2ccccc2)CC1. The van der Waals surface area contributed by atoms with Gasteiger partial charge < -0.3 is 10.2 Å². The Morgan fingerprint density at radius 2 is 2.00 bits per heavy atom. The molecule has 4 heterocycles. The van der Waals surface area contributed by atoms with Gasteiger partial charge in [-0.1, -0.05) is 30.3 Å². The van der Waals surface area contributed by atoms with Crippen molar-refractivity contribution in [1.82, 2.24) is 24.5 Å². The molecule has 0 radical (unpaired) electrons. The summed E-state index contributed by atoms with van der Waals surface area (Å²) in [6.45, 7) is 5.00. The molecule has 1 aliphatic rings. The van der Waals surface area contributed by atoms with Gasteiger partial charge in [-0.3, -0.25) is 14.1 Å². The summed E-state index contributed by atoms with van der Waals surface area (Å²) in [6, 6.07) is 12.2.